The summed E-state index contributed by atoms with van der Waals surface area (Å²) in [5, 5.41) is 16.8. The molecule has 9 nitrogen and oxygen atoms in total. The Balaban J connectivity index is 1.68. The molecule has 0 radical (unpaired) electrons. The lowest BCUT2D eigenvalue weighted by atomic mass is 9.82. The van der Waals surface area contributed by atoms with Gasteiger partial charge in [-0.2, -0.15) is 0 Å². The number of hydrogen-bond donors (Lipinski definition) is 2. The zero-order valence-electron chi connectivity index (χ0n) is 22.9. The number of aliphatic imine (C=N–C) groups is 1. The number of hydrogen-bond acceptors (Lipinski definition) is 6. The van der Waals surface area contributed by atoms with Gasteiger partial charge in [0.05, 0.1) is 13.2 Å². The Morgan fingerprint density at radius 1 is 1.19 bits per heavy atom. The van der Waals surface area contributed by atoms with E-state index in [-0.39, 0.29) is 25.5 Å². The van der Waals surface area contributed by atoms with Crippen molar-refractivity contribution in [2.75, 3.05) is 19.8 Å². The molecule has 0 saturated carbocycles. The van der Waals surface area contributed by atoms with Gasteiger partial charge in [0.2, 0.25) is 5.90 Å². The molecule has 0 fully saturated rings. The first-order valence-electron chi connectivity index (χ1n) is 13.4. The molecule has 0 aliphatic carbocycles. The van der Waals surface area contributed by atoms with Crippen LogP contribution in [0.3, 0.4) is 0 Å². The van der Waals surface area contributed by atoms with Crippen LogP contribution in [0, 0.1) is 0 Å². The number of carbonyl (C=O) groups is 1. The molecule has 0 aromatic heterocycles. The van der Waals surface area contributed by atoms with Crippen molar-refractivity contribution in [3.8, 4) is 5.75 Å². The summed E-state index contributed by atoms with van der Waals surface area (Å²) in [5.41, 5.74) is 10.5. The Labute approximate surface area is 254 Å². The van der Waals surface area contributed by atoms with E-state index in [1.54, 1.807) is 42.5 Å². The van der Waals surface area contributed by atoms with Gasteiger partial charge < -0.3 is 19.9 Å². The summed E-state index contributed by atoms with van der Waals surface area (Å²) in [6.45, 7) is 4.73. The van der Waals surface area contributed by atoms with Crippen LogP contribution >= 0.6 is 23.2 Å². The second-order valence-electron chi connectivity index (χ2n) is 9.61. The SMILES string of the molecule is C=CC[C@@]1(C(=O)NCCc2ccc(Cl)cc2Cl)N=C(c2ccc(OCCCO)cc2)O[C@@H]1c1ccccc1CN=[N+]=[N-]. The number of nitrogens with one attached hydrogen (secondary N) is 1. The summed E-state index contributed by atoms with van der Waals surface area (Å²) >= 11 is 12.4. The Morgan fingerprint density at radius 2 is 1.98 bits per heavy atom. The standard InChI is InChI=1S/C31H31Cl2N5O4/c1-2-15-31(30(40)35-16-14-21-8-11-24(32)19-27(21)33)28(26-7-4-3-6-23(26)20-36-38-34)42-29(37-31)22-9-12-25(13-10-22)41-18-5-17-39/h2-4,6-13,19,28,39H,1,5,14-18,20H2,(H,35,40)/t28-,31-/m1/s1. The maximum absolute atomic E-state index is 14.1. The predicted molar refractivity (Wildman–Crippen MR) is 164 cm³/mol. The van der Waals surface area contributed by atoms with Crippen LogP contribution in [0.2, 0.25) is 10.0 Å². The molecule has 218 valence electrons. The lowest BCUT2D eigenvalue weighted by Crippen LogP contribution is -2.48. The number of nitrogens with zero attached hydrogens (tertiary/aromatic N) is 4. The molecular formula is C31H31Cl2N5O4. The van der Waals surface area contributed by atoms with Crippen LogP contribution < -0.4 is 10.1 Å². The first-order valence-corrected chi connectivity index (χ1v) is 14.2. The highest BCUT2D eigenvalue weighted by atomic mass is 35.5. The molecule has 3 aromatic carbocycles. The second kappa shape index (κ2) is 14.8. The second-order valence-corrected chi connectivity index (χ2v) is 10.5. The third-order valence-electron chi connectivity index (χ3n) is 6.82. The van der Waals surface area contributed by atoms with Crippen LogP contribution in [0.25, 0.3) is 10.4 Å². The van der Waals surface area contributed by atoms with Gasteiger partial charge in [-0.05, 0) is 65.0 Å². The molecule has 1 aliphatic rings. The van der Waals surface area contributed by atoms with E-state index in [0.29, 0.717) is 58.8 Å². The minimum Gasteiger partial charge on any atom is -0.494 e. The smallest absolute Gasteiger partial charge is 0.252 e. The van der Waals surface area contributed by atoms with Crippen LogP contribution in [0.1, 0.15) is 41.2 Å². The number of carbonyl (C=O) groups excluding carboxylic acids is 1. The Bertz CT molecular complexity index is 1490. The van der Waals surface area contributed by atoms with Gasteiger partial charge in [-0.15, -0.1) is 6.58 Å². The molecule has 1 amide bonds. The molecule has 11 heteroatoms. The van der Waals surface area contributed by atoms with Crippen LogP contribution in [-0.2, 0) is 22.5 Å². The van der Waals surface area contributed by atoms with E-state index in [1.807, 2.05) is 30.3 Å². The highest BCUT2D eigenvalue weighted by Gasteiger charge is 2.52. The highest BCUT2D eigenvalue weighted by Crippen LogP contribution is 2.44. The minimum absolute atomic E-state index is 0.0471. The minimum atomic E-state index is -1.39. The van der Waals surface area contributed by atoms with Crippen molar-refractivity contribution in [3.05, 3.63) is 122 Å². The number of halogens is 2. The van der Waals surface area contributed by atoms with E-state index in [0.717, 1.165) is 11.1 Å². The zero-order chi connectivity index (χ0) is 30.0. The molecule has 1 heterocycles. The quantitative estimate of drug-likeness (QED) is 0.0689. The Morgan fingerprint density at radius 3 is 2.69 bits per heavy atom. The number of aliphatic hydroxyl groups excluding tert-OH is 1. The van der Waals surface area contributed by atoms with Gasteiger partial charge >= 0.3 is 0 Å². The summed E-state index contributed by atoms with van der Waals surface area (Å²) in [5.74, 6) is 0.589. The number of rotatable bonds is 14. The van der Waals surface area contributed by atoms with Gasteiger partial charge in [0.1, 0.15) is 5.75 Å². The van der Waals surface area contributed by atoms with Gasteiger partial charge in [-0.1, -0.05) is 64.7 Å². The van der Waals surface area contributed by atoms with Crippen molar-refractivity contribution in [3.63, 3.8) is 0 Å². The van der Waals surface area contributed by atoms with Crippen molar-refractivity contribution >= 4 is 35.0 Å². The molecule has 0 saturated heterocycles. The van der Waals surface area contributed by atoms with Crippen molar-refractivity contribution < 1.29 is 19.4 Å². The largest absolute Gasteiger partial charge is 0.494 e. The Hall–Kier alpha value is -4.01. The van der Waals surface area contributed by atoms with Crippen molar-refractivity contribution in [2.45, 2.75) is 37.5 Å². The summed E-state index contributed by atoms with van der Waals surface area (Å²) < 4.78 is 12.1. The number of benzene rings is 3. The number of azide groups is 1. The summed E-state index contributed by atoms with van der Waals surface area (Å²) in [6.07, 6.45) is 2.02. The average Bonchev–Trinajstić information content (AvgIpc) is 3.38. The third-order valence-corrected chi connectivity index (χ3v) is 7.41. The van der Waals surface area contributed by atoms with E-state index in [1.165, 1.54) is 0 Å². The van der Waals surface area contributed by atoms with Gasteiger partial charge in [-0.25, -0.2) is 4.99 Å². The number of ether oxygens (including phenoxy) is 2. The van der Waals surface area contributed by atoms with E-state index in [9.17, 15) is 4.79 Å². The monoisotopic (exact) mass is 607 g/mol. The number of amides is 1. The highest BCUT2D eigenvalue weighted by molar-refractivity contribution is 6.35. The normalized spacial score (nSPS) is 17.5. The van der Waals surface area contributed by atoms with Crippen LogP contribution in [0.4, 0.5) is 0 Å². The van der Waals surface area contributed by atoms with Crippen molar-refractivity contribution in [1.29, 1.82) is 0 Å². The van der Waals surface area contributed by atoms with Crippen LogP contribution in [-0.4, -0.2) is 42.2 Å². The summed E-state index contributed by atoms with van der Waals surface area (Å²) in [7, 11) is 0. The third kappa shape index (κ3) is 7.24. The lowest BCUT2D eigenvalue weighted by Gasteiger charge is -2.30. The fourth-order valence-electron chi connectivity index (χ4n) is 4.74. The first-order chi connectivity index (χ1) is 20.4. The van der Waals surface area contributed by atoms with E-state index in [4.69, 9.17) is 48.3 Å². The molecular weight excluding hydrogens is 577 g/mol. The lowest BCUT2D eigenvalue weighted by molar-refractivity contribution is -0.128. The van der Waals surface area contributed by atoms with Gasteiger partial charge in [0.25, 0.3) is 5.91 Å². The predicted octanol–water partition coefficient (Wildman–Crippen LogP) is 6.76. The van der Waals surface area contributed by atoms with E-state index in [2.05, 4.69) is 21.9 Å². The maximum atomic E-state index is 14.1. The molecule has 0 spiro atoms. The topological polar surface area (TPSA) is 129 Å². The fourth-order valence-corrected chi connectivity index (χ4v) is 5.25. The molecule has 0 bridgehead atoms. The van der Waals surface area contributed by atoms with Gasteiger partial charge in [0, 0.05) is 46.5 Å². The summed E-state index contributed by atoms with van der Waals surface area (Å²) in [6, 6.07) is 19.8. The molecule has 2 N–H and O–H groups in total. The van der Waals surface area contributed by atoms with Crippen LogP contribution in [0.5, 0.6) is 5.75 Å². The fraction of sp³-hybridized carbons (Fsp3) is 0.290. The molecule has 3 aromatic rings. The zero-order valence-corrected chi connectivity index (χ0v) is 24.4. The van der Waals surface area contributed by atoms with Gasteiger partial charge in [0.15, 0.2) is 11.6 Å². The average molecular weight is 609 g/mol. The molecule has 4 rings (SSSR count). The molecule has 2 atom stereocenters. The van der Waals surface area contributed by atoms with Crippen molar-refractivity contribution in [1.82, 2.24) is 5.32 Å². The van der Waals surface area contributed by atoms with Gasteiger partial charge in [-0.3, -0.25) is 4.79 Å². The van der Waals surface area contributed by atoms with E-state index >= 15 is 0 Å². The molecule has 42 heavy (non-hydrogen) atoms. The van der Waals surface area contributed by atoms with E-state index < -0.39 is 11.6 Å². The summed E-state index contributed by atoms with van der Waals surface area (Å²) in [4.78, 5) is 21.9. The van der Waals surface area contributed by atoms with Crippen LogP contribution in [0.15, 0.2) is 89.5 Å². The first kappa shape index (κ1) is 30.9. The number of aliphatic hydroxyl groups is 1. The Kier molecular flexibility index (Phi) is 10.9. The maximum Gasteiger partial charge on any atom is 0.252 e. The molecule has 1 aliphatic heterocycles. The van der Waals surface area contributed by atoms with Crippen molar-refractivity contribution in [2.24, 2.45) is 10.1 Å². The molecule has 0 unspecified atom stereocenters.